The first-order chi connectivity index (χ1) is 10.1. The third-order valence-corrected chi connectivity index (χ3v) is 4.23. The Kier molecular flexibility index (Phi) is 3.39. The van der Waals surface area contributed by atoms with Gasteiger partial charge in [-0.25, -0.2) is 4.98 Å². The Morgan fingerprint density at radius 2 is 1.90 bits per heavy atom. The van der Waals surface area contributed by atoms with Crippen LogP contribution in [0.25, 0.3) is 10.2 Å². The predicted octanol–water partition coefficient (Wildman–Crippen LogP) is 3.36. The number of methoxy groups -OCH3 is 1. The van der Waals surface area contributed by atoms with Gasteiger partial charge in [0, 0.05) is 17.6 Å². The van der Waals surface area contributed by atoms with Crippen molar-refractivity contribution in [1.82, 2.24) is 9.97 Å². The first kappa shape index (κ1) is 13.6. The van der Waals surface area contributed by atoms with Crippen molar-refractivity contribution in [3.05, 3.63) is 35.2 Å². The average Bonchev–Trinajstić information content (AvgIpc) is 2.85. The second-order valence-electron chi connectivity index (χ2n) is 4.74. The molecule has 0 saturated heterocycles. The van der Waals surface area contributed by atoms with E-state index in [1.807, 2.05) is 36.2 Å². The van der Waals surface area contributed by atoms with E-state index in [0.29, 0.717) is 5.95 Å². The fourth-order valence-electron chi connectivity index (χ4n) is 2.23. The van der Waals surface area contributed by atoms with Crippen molar-refractivity contribution in [2.75, 3.05) is 24.8 Å². The molecule has 3 aromatic rings. The number of aromatic nitrogens is 2. The maximum absolute atomic E-state index is 5.83. The second kappa shape index (κ2) is 5.21. The number of benzene rings is 1. The summed E-state index contributed by atoms with van der Waals surface area (Å²) in [4.78, 5) is 12.8. The zero-order valence-electron chi connectivity index (χ0n) is 12.1. The lowest BCUT2D eigenvalue weighted by atomic mass is 10.2. The third kappa shape index (κ3) is 2.50. The van der Waals surface area contributed by atoms with Crippen LogP contribution < -0.4 is 15.4 Å². The monoisotopic (exact) mass is 300 g/mol. The van der Waals surface area contributed by atoms with Crippen LogP contribution in [0.15, 0.2) is 30.3 Å². The Morgan fingerprint density at radius 1 is 1.19 bits per heavy atom. The van der Waals surface area contributed by atoms with Gasteiger partial charge in [0.2, 0.25) is 5.95 Å². The molecule has 0 unspecified atom stereocenters. The Morgan fingerprint density at radius 3 is 2.57 bits per heavy atom. The first-order valence-corrected chi connectivity index (χ1v) is 7.31. The lowest BCUT2D eigenvalue weighted by Gasteiger charge is -2.19. The van der Waals surface area contributed by atoms with E-state index in [2.05, 4.69) is 23.0 Å². The van der Waals surface area contributed by atoms with Crippen molar-refractivity contribution in [1.29, 1.82) is 0 Å². The van der Waals surface area contributed by atoms with Gasteiger partial charge in [0.1, 0.15) is 16.4 Å². The highest BCUT2D eigenvalue weighted by atomic mass is 32.1. The fraction of sp³-hybridized carbons (Fsp3) is 0.200. The Balaban J connectivity index is 2.09. The number of hydrogen-bond acceptors (Lipinski definition) is 6. The van der Waals surface area contributed by atoms with Gasteiger partial charge in [-0.2, -0.15) is 4.98 Å². The molecular formula is C15H16N4OS. The predicted molar refractivity (Wildman–Crippen MR) is 87.6 cm³/mol. The molecule has 0 fully saturated rings. The van der Waals surface area contributed by atoms with Gasteiger partial charge in [0.15, 0.2) is 0 Å². The van der Waals surface area contributed by atoms with Gasteiger partial charge in [-0.15, -0.1) is 11.3 Å². The second-order valence-corrected chi connectivity index (χ2v) is 5.97. The van der Waals surface area contributed by atoms with Crippen LogP contribution in [-0.2, 0) is 0 Å². The van der Waals surface area contributed by atoms with Crippen molar-refractivity contribution in [2.24, 2.45) is 0 Å². The van der Waals surface area contributed by atoms with E-state index < -0.39 is 0 Å². The summed E-state index contributed by atoms with van der Waals surface area (Å²) in [5, 5.41) is 1.02. The fourth-order valence-corrected chi connectivity index (χ4v) is 3.11. The number of nitrogens with zero attached hydrogens (tertiary/aromatic N) is 3. The van der Waals surface area contributed by atoms with Crippen molar-refractivity contribution < 1.29 is 4.74 Å². The maximum atomic E-state index is 5.83. The number of nitrogen functional groups attached to an aromatic ring is 1. The van der Waals surface area contributed by atoms with Crippen LogP contribution >= 0.6 is 11.3 Å². The van der Waals surface area contributed by atoms with E-state index >= 15 is 0 Å². The summed E-state index contributed by atoms with van der Waals surface area (Å²) >= 11 is 1.62. The molecule has 0 aliphatic carbocycles. The van der Waals surface area contributed by atoms with Gasteiger partial charge in [-0.3, -0.25) is 0 Å². The van der Waals surface area contributed by atoms with E-state index in [0.717, 1.165) is 27.5 Å². The summed E-state index contributed by atoms with van der Waals surface area (Å²) in [6.07, 6.45) is 0. The topological polar surface area (TPSA) is 64.3 Å². The van der Waals surface area contributed by atoms with E-state index in [-0.39, 0.29) is 0 Å². The van der Waals surface area contributed by atoms with Crippen molar-refractivity contribution >= 4 is 39.0 Å². The van der Waals surface area contributed by atoms with Crippen molar-refractivity contribution in [3.63, 3.8) is 0 Å². The Labute approximate surface area is 127 Å². The van der Waals surface area contributed by atoms with Crippen LogP contribution in [0.2, 0.25) is 0 Å². The molecule has 0 atom stereocenters. The molecule has 2 aromatic heterocycles. The molecule has 0 radical (unpaired) electrons. The molecule has 0 bridgehead atoms. The number of thiophene rings is 1. The normalized spacial score (nSPS) is 10.8. The zero-order valence-corrected chi connectivity index (χ0v) is 12.9. The molecular weight excluding hydrogens is 284 g/mol. The summed E-state index contributed by atoms with van der Waals surface area (Å²) in [5.74, 6) is 1.93. The summed E-state index contributed by atoms with van der Waals surface area (Å²) in [7, 11) is 3.62. The van der Waals surface area contributed by atoms with Gasteiger partial charge in [0.05, 0.1) is 12.5 Å². The number of anilines is 3. The molecule has 21 heavy (non-hydrogen) atoms. The maximum Gasteiger partial charge on any atom is 0.223 e. The molecule has 108 valence electrons. The highest BCUT2D eigenvalue weighted by molar-refractivity contribution is 7.18. The smallest absolute Gasteiger partial charge is 0.223 e. The summed E-state index contributed by atoms with van der Waals surface area (Å²) in [6, 6.07) is 9.91. The Bertz CT molecular complexity index is 782. The van der Waals surface area contributed by atoms with Crippen molar-refractivity contribution in [2.45, 2.75) is 6.92 Å². The lowest BCUT2D eigenvalue weighted by Crippen LogP contribution is -2.12. The van der Waals surface area contributed by atoms with Crippen LogP contribution in [0.4, 0.5) is 17.5 Å². The molecule has 0 spiro atoms. The minimum absolute atomic E-state index is 0.291. The lowest BCUT2D eigenvalue weighted by molar-refractivity contribution is 0.415. The third-order valence-electron chi connectivity index (χ3n) is 3.29. The van der Waals surface area contributed by atoms with Gasteiger partial charge >= 0.3 is 0 Å². The van der Waals surface area contributed by atoms with Gasteiger partial charge in [-0.05, 0) is 37.3 Å². The molecule has 6 heteroatoms. The minimum Gasteiger partial charge on any atom is -0.497 e. The number of fused-ring (bicyclic) bond motifs is 1. The molecule has 2 heterocycles. The van der Waals surface area contributed by atoms with Gasteiger partial charge in [0.25, 0.3) is 0 Å². The van der Waals surface area contributed by atoms with Crippen LogP contribution in [0.5, 0.6) is 5.75 Å². The van der Waals surface area contributed by atoms with Crippen molar-refractivity contribution in [3.8, 4) is 5.75 Å². The number of nitrogens with two attached hydrogens (primary N) is 1. The molecule has 3 rings (SSSR count). The highest BCUT2D eigenvalue weighted by Crippen LogP contribution is 2.34. The van der Waals surface area contributed by atoms with Crippen LogP contribution in [-0.4, -0.2) is 24.1 Å². The van der Waals surface area contributed by atoms with E-state index in [4.69, 9.17) is 10.5 Å². The Hall–Kier alpha value is -2.34. The quantitative estimate of drug-likeness (QED) is 0.803. The van der Waals surface area contributed by atoms with E-state index in [1.165, 1.54) is 4.88 Å². The number of hydrogen-bond donors (Lipinski definition) is 1. The van der Waals surface area contributed by atoms with Crippen LogP contribution in [0.3, 0.4) is 0 Å². The molecule has 2 N–H and O–H groups in total. The SMILES string of the molecule is COc1ccc(N(C)c2nc(N)nc3sc(C)cc23)cc1. The molecule has 0 amide bonds. The highest BCUT2D eigenvalue weighted by Gasteiger charge is 2.14. The average molecular weight is 300 g/mol. The number of ether oxygens (including phenoxy) is 1. The largest absolute Gasteiger partial charge is 0.497 e. The summed E-state index contributed by atoms with van der Waals surface area (Å²) in [6.45, 7) is 2.06. The standard InChI is InChI=1S/C15H16N4OS/c1-9-8-12-13(17-15(16)18-14(12)21-9)19(2)10-4-6-11(20-3)7-5-10/h4-8H,1-3H3,(H2,16,17,18). The molecule has 0 saturated carbocycles. The van der Waals surface area contributed by atoms with Gasteiger partial charge < -0.3 is 15.4 Å². The number of rotatable bonds is 3. The van der Waals surface area contributed by atoms with E-state index in [9.17, 15) is 0 Å². The zero-order chi connectivity index (χ0) is 15.0. The molecule has 1 aromatic carbocycles. The molecule has 0 aliphatic heterocycles. The van der Waals surface area contributed by atoms with Crippen LogP contribution in [0.1, 0.15) is 4.88 Å². The number of aryl methyl sites for hydroxylation is 1. The molecule has 5 nitrogen and oxygen atoms in total. The van der Waals surface area contributed by atoms with Gasteiger partial charge in [-0.1, -0.05) is 0 Å². The van der Waals surface area contributed by atoms with Crippen LogP contribution in [0, 0.1) is 6.92 Å². The molecule has 0 aliphatic rings. The summed E-state index contributed by atoms with van der Waals surface area (Å²) in [5.41, 5.74) is 6.85. The van der Waals surface area contributed by atoms with E-state index in [1.54, 1.807) is 18.4 Å². The first-order valence-electron chi connectivity index (χ1n) is 6.50. The summed E-state index contributed by atoms with van der Waals surface area (Å²) < 4.78 is 5.18. The minimum atomic E-state index is 0.291.